The van der Waals surface area contributed by atoms with Gasteiger partial charge in [0.1, 0.15) is 5.69 Å². The number of halogens is 1. The number of nitrogens with zero attached hydrogens (tertiary/aromatic N) is 3. The third-order valence-electron chi connectivity index (χ3n) is 6.19. The van der Waals surface area contributed by atoms with E-state index in [1.54, 1.807) is 11.7 Å². The molecule has 0 aliphatic heterocycles. The Morgan fingerprint density at radius 1 is 1.21 bits per heavy atom. The first-order valence-electron chi connectivity index (χ1n) is 11.9. The van der Waals surface area contributed by atoms with Crippen LogP contribution in [0.3, 0.4) is 0 Å². The van der Waals surface area contributed by atoms with Crippen molar-refractivity contribution in [3.8, 4) is 5.69 Å². The van der Waals surface area contributed by atoms with E-state index in [1.165, 1.54) is 5.56 Å². The Balaban J connectivity index is 1.76. The topological polar surface area (TPSA) is 76.5 Å². The number of carbonyl (C=O) groups excluding carboxylic acids is 2. The summed E-state index contributed by atoms with van der Waals surface area (Å²) >= 11 is 3.47. The Morgan fingerprint density at radius 3 is 2.56 bits per heavy atom. The van der Waals surface area contributed by atoms with Crippen LogP contribution in [0.25, 0.3) is 16.6 Å². The molecule has 34 heavy (non-hydrogen) atoms. The fraction of sp³-hybridized carbons (Fsp3) is 0.423. The van der Waals surface area contributed by atoms with Gasteiger partial charge in [-0.15, -0.1) is 0 Å². The van der Waals surface area contributed by atoms with Crippen molar-refractivity contribution >= 4 is 44.4 Å². The Morgan fingerprint density at radius 2 is 1.94 bits per heavy atom. The summed E-state index contributed by atoms with van der Waals surface area (Å²) in [4.78, 5) is 27.1. The second-order valence-electron chi connectivity index (χ2n) is 8.51. The molecule has 0 spiro atoms. The van der Waals surface area contributed by atoms with Gasteiger partial charge in [-0.1, -0.05) is 15.9 Å². The minimum absolute atomic E-state index is 0.153. The largest absolute Gasteiger partial charge is 0.466 e. The molecule has 2 aromatic carbocycles. The van der Waals surface area contributed by atoms with E-state index >= 15 is 0 Å². The number of nitrogens with one attached hydrogen (secondary N) is 1. The molecule has 4 rings (SSSR count). The number of hydrogen-bond donors (Lipinski definition) is 1. The van der Waals surface area contributed by atoms with E-state index in [0.29, 0.717) is 24.6 Å². The molecule has 1 aromatic heterocycles. The number of fused-ring (bicyclic) bond motifs is 1. The van der Waals surface area contributed by atoms with E-state index in [1.807, 2.05) is 31.2 Å². The fourth-order valence-corrected chi connectivity index (χ4v) is 4.60. The van der Waals surface area contributed by atoms with Crippen molar-refractivity contribution in [1.29, 1.82) is 0 Å². The van der Waals surface area contributed by atoms with Crippen LogP contribution in [-0.4, -0.2) is 48.4 Å². The van der Waals surface area contributed by atoms with Gasteiger partial charge in [-0.05, 0) is 81.0 Å². The summed E-state index contributed by atoms with van der Waals surface area (Å²) in [6.07, 6.45) is 3.43. The lowest BCUT2D eigenvalue weighted by Gasteiger charge is -2.26. The van der Waals surface area contributed by atoms with Gasteiger partial charge >= 0.3 is 5.97 Å². The quantitative estimate of drug-likeness (QED) is 0.367. The SMILES string of the molecule is CCOC(=O)CCCN(CC)c1cc2nn(-c3ccc(Br)cc3)c(C(=O)NC)c2cc1C1CC1. The molecule has 8 heteroatoms. The Labute approximate surface area is 208 Å². The van der Waals surface area contributed by atoms with E-state index in [9.17, 15) is 9.59 Å². The van der Waals surface area contributed by atoms with Crippen molar-refractivity contribution < 1.29 is 14.3 Å². The summed E-state index contributed by atoms with van der Waals surface area (Å²) in [5.41, 5.74) is 4.55. The molecule has 0 unspecified atom stereocenters. The molecule has 0 bridgehead atoms. The zero-order valence-electron chi connectivity index (χ0n) is 19.9. The second kappa shape index (κ2) is 10.6. The van der Waals surface area contributed by atoms with Crippen molar-refractivity contribution in [2.24, 2.45) is 0 Å². The Bertz CT molecular complexity index is 1180. The monoisotopic (exact) mass is 526 g/mol. The van der Waals surface area contributed by atoms with Gasteiger partial charge in [0.2, 0.25) is 0 Å². The van der Waals surface area contributed by atoms with E-state index in [4.69, 9.17) is 9.84 Å². The molecule has 3 aromatic rings. The number of rotatable bonds is 10. The molecule has 1 aliphatic carbocycles. The molecule has 0 radical (unpaired) electrons. The highest BCUT2D eigenvalue weighted by molar-refractivity contribution is 9.10. The molecule has 1 N–H and O–H groups in total. The lowest BCUT2D eigenvalue weighted by atomic mass is 10.0. The molecule has 1 heterocycles. The van der Waals surface area contributed by atoms with Gasteiger partial charge in [-0.3, -0.25) is 9.59 Å². The summed E-state index contributed by atoms with van der Waals surface area (Å²) in [6, 6.07) is 12.0. The smallest absolute Gasteiger partial charge is 0.305 e. The normalized spacial score (nSPS) is 13.2. The number of aromatic nitrogens is 2. The average molecular weight is 527 g/mol. The fourth-order valence-electron chi connectivity index (χ4n) is 4.34. The summed E-state index contributed by atoms with van der Waals surface area (Å²) in [7, 11) is 1.64. The molecular formula is C26H31BrN4O3. The second-order valence-corrected chi connectivity index (χ2v) is 9.42. The lowest BCUT2D eigenvalue weighted by molar-refractivity contribution is -0.143. The number of amides is 1. The van der Waals surface area contributed by atoms with E-state index in [0.717, 1.165) is 59.1 Å². The van der Waals surface area contributed by atoms with Crippen LogP contribution in [0.2, 0.25) is 0 Å². The minimum Gasteiger partial charge on any atom is -0.466 e. The average Bonchev–Trinajstić information content (AvgIpc) is 3.62. The summed E-state index contributed by atoms with van der Waals surface area (Å²) < 4.78 is 7.78. The van der Waals surface area contributed by atoms with Crippen molar-refractivity contribution in [3.63, 3.8) is 0 Å². The molecule has 1 fully saturated rings. The predicted molar refractivity (Wildman–Crippen MR) is 138 cm³/mol. The van der Waals surface area contributed by atoms with Gasteiger partial charge in [0.25, 0.3) is 5.91 Å². The Kier molecular flexibility index (Phi) is 7.56. The first-order valence-corrected chi connectivity index (χ1v) is 12.7. The van der Waals surface area contributed by atoms with E-state index < -0.39 is 0 Å². The highest BCUT2D eigenvalue weighted by Crippen LogP contribution is 2.46. The van der Waals surface area contributed by atoms with Crippen LogP contribution < -0.4 is 10.2 Å². The molecule has 7 nitrogen and oxygen atoms in total. The highest BCUT2D eigenvalue weighted by Gasteiger charge is 2.30. The minimum atomic E-state index is -0.165. The number of hydrogen-bond acceptors (Lipinski definition) is 5. The summed E-state index contributed by atoms with van der Waals surface area (Å²) in [5.74, 6) is 0.175. The number of benzene rings is 2. The molecular weight excluding hydrogens is 496 g/mol. The number of anilines is 1. The van der Waals surface area contributed by atoms with Crippen LogP contribution in [0.1, 0.15) is 61.5 Å². The third kappa shape index (κ3) is 5.12. The van der Waals surface area contributed by atoms with Crippen LogP contribution in [0, 0.1) is 0 Å². The maximum atomic E-state index is 12.9. The Hall–Kier alpha value is -2.87. The first-order chi connectivity index (χ1) is 16.5. The maximum absolute atomic E-state index is 12.9. The van der Waals surface area contributed by atoms with Crippen LogP contribution in [0.15, 0.2) is 40.9 Å². The molecule has 1 amide bonds. The van der Waals surface area contributed by atoms with Crippen LogP contribution >= 0.6 is 15.9 Å². The number of carbonyl (C=O) groups is 2. The molecule has 1 saturated carbocycles. The van der Waals surface area contributed by atoms with Gasteiger partial charge in [0.15, 0.2) is 0 Å². The van der Waals surface area contributed by atoms with Gasteiger partial charge in [-0.2, -0.15) is 5.10 Å². The van der Waals surface area contributed by atoms with Gasteiger partial charge in [0.05, 0.1) is 17.8 Å². The van der Waals surface area contributed by atoms with Gasteiger partial charge < -0.3 is 15.0 Å². The van der Waals surface area contributed by atoms with Crippen LogP contribution in [-0.2, 0) is 9.53 Å². The van der Waals surface area contributed by atoms with Gasteiger partial charge in [0, 0.05) is 42.1 Å². The maximum Gasteiger partial charge on any atom is 0.305 e. The van der Waals surface area contributed by atoms with Crippen molar-refractivity contribution in [1.82, 2.24) is 15.1 Å². The van der Waals surface area contributed by atoms with Crippen LogP contribution in [0.4, 0.5) is 5.69 Å². The zero-order valence-corrected chi connectivity index (χ0v) is 21.5. The highest BCUT2D eigenvalue weighted by atomic mass is 79.9. The standard InChI is InChI=1S/C26H31BrN4O3/c1-4-30(14-6-7-24(32)34-5-2)23-16-22-21(15-20(23)17-8-9-17)25(26(33)28-3)31(29-22)19-12-10-18(27)11-13-19/h10-13,15-17H,4-9,14H2,1-3H3,(H,28,33). The molecule has 0 saturated heterocycles. The predicted octanol–water partition coefficient (Wildman–Crippen LogP) is 5.19. The van der Waals surface area contributed by atoms with E-state index in [-0.39, 0.29) is 11.9 Å². The van der Waals surface area contributed by atoms with Crippen LogP contribution in [0.5, 0.6) is 0 Å². The van der Waals surface area contributed by atoms with Gasteiger partial charge in [-0.25, -0.2) is 4.68 Å². The number of esters is 1. The lowest BCUT2D eigenvalue weighted by Crippen LogP contribution is -2.26. The zero-order chi connectivity index (χ0) is 24.2. The van der Waals surface area contributed by atoms with Crippen molar-refractivity contribution in [2.45, 2.75) is 45.4 Å². The van der Waals surface area contributed by atoms with E-state index in [2.05, 4.69) is 45.2 Å². The van der Waals surface area contributed by atoms with Crippen molar-refractivity contribution in [3.05, 3.63) is 52.1 Å². The first kappa shape index (κ1) is 24.3. The molecule has 1 aliphatic rings. The van der Waals surface area contributed by atoms with Crippen molar-refractivity contribution in [2.75, 3.05) is 31.6 Å². The molecule has 180 valence electrons. The molecule has 0 atom stereocenters. The number of ether oxygens (including phenoxy) is 1. The summed E-state index contributed by atoms with van der Waals surface area (Å²) in [6.45, 7) is 5.95. The summed E-state index contributed by atoms with van der Waals surface area (Å²) in [5, 5.41) is 8.49. The third-order valence-corrected chi connectivity index (χ3v) is 6.72.